The van der Waals surface area contributed by atoms with Crippen LogP contribution in [0.4, 0.5) is 11.5 Å². The van der Waals surface area contributed by atoms with Gasteiger partial charge in [0.2, 0.25) is 0 Å². The molecule has 1 atom stereocenters. The maximum atomic E-state index is 9.42. The first kappa shape index (κ1) is 16.6. The van der Waals surface area contributed by atoms with E-state index < -0.39 is 0 Å². The minimum Gasteiger partial charge on any atom is -0.369 e. The summed E-state index contributed by atoms with van der Waals surface area (Å²) < 4.78 is 0. The van der Waals surface area contributed by atoms with Crippen molar-refractivity contribution < 1.29 is 0 Å². The summed E-state index contributed by atoms with van der Waals surface area (Å²) in [4.78, 5) is 16.7. The van der Waals surface area contributed by atoms with Gasteiger partial charge in [-0.1, -0.05) is 24.3 Å². The smallest absolute Gasteiger partial charge is 0.142 e. The number of likely N-dealkylation sites (N-methyl/N-ethyl adjacent to an activating group) is 1. The molecule has 1 aliphatic heterocycles. The minimum atomic E-state index is 0.375. The summed E-state index contributed by atoms with van der Waals surface area (Å²) in [6.45, 7) is 1.86. The van der Waals surface area contributed by atoms with Gasteiger partial charge in [-0.3, -0.25) is 0 Å². The number of H-pyrrole nitrogens is 1. The van der Waals surface area contributed by atoms with Crippen molar-refractivity contribution in [1.82, 2.24) is 15.0 Å². The molecule has 2 aromatic heterocycles. The van der Waals surface area contributed by atoms with Crippen LogP contribution in [0.3, 0.4) is 0 Å². The van der Waals surface area contributed by atoms with E-state index in [1.165, 1.54) is 0 Å². The van der Waals surface area contributed by atoms with Crippen LogP contribution in [0.5, 0.6) is 0 Å². The zero-order valence-electron chi connectivity index (χ0n) is 15.6. The van der Waals surface area contributed by atoms with Gasteiger partial charge in [0.15, 0.2) is 0 Å². The molecule has 4 aromatic rings. The van der Waals surface area contributed by atoms with Crippen molar-refractivity contribution in [2.45, 2.75) is 12.5 Å². The summed E-state index contributed by atoms with van der Waals surface area (Å²) in [6.07, 6.45) is 4.59. The van der Waals surface area contributed by atoms with Crippen LogP contribution in [0.1, 0.15) is 12.0 Å². The highest BCUT2D eigenvalue weighted by Crippen LogP contribution is 2.33. The predicted molar refractivity (Wildman–Crippen MR) is 112 cm³/mol. The molecule has 1 unspecified atom stereocenters. The van der Waals surface area contributed by atoms with E-state index in [0.29, 0.717) is 6.04 Å². The Kier molecular flexibility index (Phi) is 3.87. The fourth-order valence-electron chi connectivity index (χ4n) is 4.25. The van der Waals surface area contributed by atoms with E-state index >= 15 is 0 Å². The van der Waals surface area contributed by atoms with Crippen LogP contribution in [-0.2, 0) is 0 Å². The minimum absolute atomic E-state index is 0.375. The Bertz CT molecular complexity index is 1200. The number of nitrogens with zero attached hydrogens (tertiary/aromatic N) is 5. The lowest BCUT2D eigenvalue weighted by Gasteiger charge is -2.28. The number of rotatable bonds is 3. The zero-order chi connectivity index (χ0) is 19.1. The van der Waals surface area contributed by atoms with Gasteiger partial charge in [0.1, 0.15) is 17.8 Å². The normalized spacial score (nSPS) is 16.6. The van der Waals surface area contributed by atoms with Crippen LogP contribution in [0.15, 0.2) is 55.0 Å². The Balaban J connectivity index is 1.46. The molecule has 0 spiro atoms. The molecule has 6 nitrogen and oxygen atoms in total. The first-order chi connectivity index (χ1) is 13.8. The molecule has 5 rings (SSSR count). The lowest BCUT2D eigenvalue weighted by Crippen LogP contribution is -2.35. The molecule has 0 aliphatic carbocycles. The van der Waals surface area contributed by atoms with Gasteiger partial charge >= 0.3 is 0 Å². The number of aromatic nitrogens is 3. The van der Waals surface area contributed by atoms with E-state index in [0.717, 1.165) is 58.4 Å². The van der Waals surface area contributed by atoms with E-state index in [1.54, 1.807) is 6.33 Å². The number of hydrogen-bond acceptors (Lipinski definition) is 5. The third-order valence-electron chi connectivity index (χ3n) is 5.75. The molecule has 0 amide bonds. The fraction of sp³-hybridized carbons (Fsp3) is 0.227. The SMILES string of the molecule is CN(c1ccc(C#N)c2ccccc12)C1CCN(c2ncnc3[nH]ccc23)C1. The maximum absolute atomic E-state index is 9.42. The largest absolute Gasteiger partial charge is 0.369 e. The van der Waals surface area contributed by atoms with Crippen molar-refractivity contribution in [3.63, 3.8) is 0 Å². The van der Waals surface area contributed by atoms with Crippen molar-refractivity contribution >= 4 is 33.3 Å². The standard InChI is InChI=1S/C22H20N6/c1-27(20-7-6-15(12-23)17-4-2-3-5-18(17)20)16-9-11-28(13-16)22-19-8-10-24-21(19)25-14-26-22/h2-8,10,14,16H,9,11,13H2,1H3,(H,24,25,26). The second-order valence-corrected chi connectivity index (χ2v) is 7.23. The van der Waals surface area contributed by atoms with Gasteiger partial charge in [0.25, 0.3) is 0 Å². The molecular formula is C22H20N6. The number of anilines is 2. The lowest BCUT2D eigenvalue weighted by atomic mass is 10.0. The van der Waals surface area contributed by atoms with Gasteiger partial charge in [-0.2, -0.15) is 5.26 Å². The van der Waals surface area contributed by atoms with Crippen molar-refractivity contribution in [1.29, 1.82) is 5.26 Å². The molecular weight excluding hydrogens is 348 g/mol. The number of hydrogen-bond donors (Lipinski definition) is 1. The van der Waals surface area contributed by atoms with Gasteiger partial charge in [-0.25, -0.2) is 9.97 Å². The van der Waals surface area contributed by atoms with Gasteiger partial charge in [-0.05, 0) is 24.6 Å². The number of aromatic amines is 1. The van der Waals surface area contributed by atoms with E-state index in [9.17, 15) is 5.26 Å². The Morgan fingerprint density at radius 1 is 1.11 bits per heavy atom. The van der Waals surface area contributed by atoms with E-state index in [4.69, 9.17) is 0 Å². The van der Waals surface area contributed by atoms with Gasteiger partial charge in [0.05, 0.1) is 17.0 Å². The van der Waals surface area contributed by atoms with Crippen molar-refractivity contribution in [3.8, 4) is 6.07 Å². The Morgan fingerprint density at radius 2 is 1.96 bits per heavy atom. The molecule has 2 aromatic carbocycles. The number of fused-ring (bicyclic) bond motifs is 2. The van der Waals surface area contributed by atoms with Crippen LogP contribution < -0.4 is 9.80 Å². The third kappa shape index (κ3) is 2.55. The van der Waals surface area contributed by atoms with Crippen LogP contribution in [0, 0.1) is 11.3 Å². The highest BCUT2D eigenvalue weighted by atomic mass is 15.3. The average Bonchev–Trinajstić information content (AvgIpc) is 3.42. The fourth-order valence-corrected chi connectivity index (χ4v) is 4.25. The second-order valence-electron chi connectivity index (χ2n) is 7.23. The first-order valence-electron chi connectivity index (χ1n) is 9.44. The van der Waals surface area contributed by atoms with E-state index in [2.05, 4.69) is 50.0 Å². The molecule has 1 aliphatic rings. The van der Waals surface area contributed by atoms with Crippen molar-refractivity contribution in [2.75, 3.05) is 29.9 Å². The van der Waals surface area contributed by atoms with Crippen LogP contribution in [0.2, 0.25) is 0 Å². The Labute approximate surface area is 163 Å². The predicted octanol–water partition coefficient (Wildman–Crippen LogP) is 3.70. The third-order valence-corrected chi connectivity index (χ3v) is 5.75. The van der Waals surface area contributed by atoms with Crippen molar-refractivity contribution in [3.05, 3.63) is 60.6 Å². The van der Waals surface area contributed by atoms with Crippen LogP contribution in [-0.4, -0.2) is 41.1 Å². The van der Waals surface area contributed by atoms with Crippen LogP contribution in [0.25, 0.3) is 21.8 Å². The van der Waals surface area contributed by atoms with Gasteiger partial charge in [-0.15, -0.1) is 0 Å². The highest BCUT2D eigenvalue weighted by molar-refractivity contribution is 5.98. The first-order valence-corrected chi connectivity index (χ1v) is 9.44. The van der Waals surface area contributed by atoms with Gasteiger partial charge in [0, 0.05) is 48.8 Å². The molecule has 1 N–H and O–H groups in total. The Morgan fingerprint density at radius 3 is 2.82 bits per heavy atom. The zero-order valence-corrected chi connectivity index (χ0v) is 15.6. The van der Waals surface area contributed by atoms with Gasteiger partial charge < -0.3 is 14.8 Å². The molecule has 6 heteroatoms. The number of nitriles is 1. The van der Waals surface area contributed by atoms with E-state index in [-0.39, 0.29) is 0 Å². The molecule has 0 radical (unpaired) electrons. The summed E-state index contributed by atoms with van der Waals surface area (Å²) in [7, 11) is 2.15. The molecule has 3 heterocycles. The summed E-state index contributed by atoms with van der Waals surface area (Å²) in [6, 6.07) is 16.9. The number of nitrogens with one attached hydrogen (secondary N) is 1. The lowest BCUT2D eigenvalue weighted by molar-refractivity contribution is 0.694. The van der Waals surface area contributed by atoms with Crippen LogP contribution >= 0.6 is 0 Å². The quantitative estimate of drug-likeness (QED) is 0.597. The summed E-state index contributed by atoms with van der Waals surface area (Å²) in [5.74, 6) is 0.992. The second kappa shape index (κ2) is 6.54. The topological polar surface area (TPSA) is 71.8 Å². The molecule has 1 saturated heterocycles. The number of benzene rings is 2. The highest BCUT2D eigenvalue weighted by Gasteiger charge is 2.28. The van der Waals surface area contributed by atoms with Crippen molar-refractivity contribution in [2.24, 2.45) is 0 Å². The molecule has 138 valence electrons. The summed E-state index contributed by atoms with van der Waals surface area (Å²) in [5.41, 5.74) is 2.76. The summed E-state index contributed by atoms with van der Waals surface area (Å²) >= 11 is 0. The maximum Gasteiger partial charge on any atom is 0.142 e. The monoisotopic (exact) mass is 368 g/mol. The molecule has 0 bridgehead atoms. The molecule has 0 saturated carbocycles. The average molecular weight is 368 g/mol. The van der Waals surface area contributed by atoms with E-state index in [1.807, 2.05) is 36.5 Å². The molecule has 28 heavy (non-hydrogen) atoms. The molecule has 1 fully saturated rings. The summed E-state index contributed by atoms with van der Waals surface area (Å²) in [5, 5.41) is 12.6. The Hall–Kier alpha value is -3.59.